The fourth-order valence-corrected chi connectivity index (χ4v) is 4.52. The van der Waals surface area contributed by atoms with Gasteiger partial charge in [0, 0.05) is 19.0 Å². The van der Waals surface area contributed by atoms with Crippen LogP contribution >= 0.6 is 0 Å². The number of aromatic nitrogens is 3. The molecule has 3 rings (SSSR count). The van der Waals surface area contributed by atoms with Gasteiger partial charge in [0.2, 0.25) is 10.0 Å². The molecule has 1 atom stereocenters. The monoisotopic (exact) mass is 306 g/mol. The van der Waals surface area contributed by atoms with E-state index in [1.165, 1.54) is 10.6 Å². The van der Waals surface area contributed by atoms with Gasteiger partial charge in [0.1, 0.15) is 12.2 Å². The highest BCUT2D eigenvalue weighted by Gasteiger charge is 2.35. The number of hydrogen-bond acceptors (Lipinski definition) is 4. The molecular weight excluding hydrogens is 288 g/mol. The lowest BCUT2D eigenvalue weighted by molar-refractivity contribution is 0.470. The molecule has 1 fully saturated rings. The van der Waals surface area contributed by atoms with E-state index in [-0.39, 0.29) is 5.92 Å². The van der Waals surface area contributed by atoms with Crippen LogP contribution in [0.5, 0.6) is 0 Å². The minimum Gasteiger partial charge on any atom is -0.263 e. The van der Waals surface area contributed by atoms with Crippen LogP contribution in [0.2, 0.25) is 0 Å². The second-order valence-electron chi connectivity index (χ2n) is 5.49. The molecule has 1 aliphatic heterocycles. The van der Waals surface area contributed by atoms with Crippen LogP contribution in [0.3, 0.4) is 0 Å². The fraction of sp³-hybridized carbons (Fsp3) is 0.429. The molecule has 1 saturated heterocycles. The highest BCUT2D eigenvalue weighted by atomic mass is 32.2. The average molecular weight is 306 g/mol. The van der Waals surface area contributed by atoms with E-state index in [1.54, 1.807) is 6.07 Å². The molecule has 1 aliphatic rings. The predicted molar refractivity (Wildman–Crippen MR) is 78.4 cm³/mol. The summed E-state index contributed by atoms with van der Waals surface area (Å²) < 4.78 is 27.1. The number of nitrogens with zero attached hydrogens (tertiary/aromatic N) is 3. The number of aromatic amines is 1. The van der Waals surface area contributed by atoms with Gasteiger partial charge in [-0.3, -0.25) is 5.10 Å². The molecule has 2 heterocycles. The summed E-state index contributed by atoms with van der Waals surface area (Å²) >= 11 is 0. The molecule has 1 aromatic heterocycles. The third-order valence-electron chi connectivity index (χ3n) is 3.92. The van der Waals surface area contributed by atoms with Crippen molar-refractivity contribution in [2.75, 3.05) is 13.1 Å². The maximum Gasteiger partial charge on any atom is 0.243 e. The summed E-state index contributed by atoms with van der Waals surface area (Å²) in [5, 5.41) is 6.66. The number of aryl methyl sites for hydroxylation is 2. The molecule has 21 heavy (non-hydrogen) atoms. The van der Waals surface area contributed by atoms with Gasteiger partial charge in [-0.05, 0) is 31.9 Å². The molecule has 2 aromatic rings. The van der Waals surface area contributed by atoms with Crippen molar-refractivity contribution in [2.45, 2.75) is 31.1 Å². The lowest BCUT2D eigenvalue weighted by atomic mass is 10.1. The number of rotatable bonds is 3. The highest BCUT2D eigenvalue weighted by Crippen LogP contribution is 2.30. The summed E-state index contributed by atoms with van der Waals surface area (Å²) in [5.74, 6) is 0.848. The molecule has 0 aliphatic carbocycles. The largest absolute Gasteiger partial charge is 0.263 e. The Bertz CT molecular complexity index is 740. The summed E-state index contributed by atoms with van der Waals surface area (Å²) in [5.41, 5.74) is 1.85. The predicted octanol–water partition coefficient (Wildman–Crippen LogP) is 1.60. The van der Waals surface area contributed by atoms with Crippen molar-refractivity contribution in [3.8, 4) is 0 Å². The molecule has 112 valence electrons. The number of hydrogen-bond donors (Lipinski definition) is 1. The van der Waals surface area contributed by atoms with E-state index in [0.717, 1.165) is 23.4 Å². The van der Waals surface area contributed by atoms with Gasteiger partial charge < -0.3 is 0 Å². The molecule has 0 bridgehead atoms. The summed E-state index contributed by atoms with van der Waals surface area (Å²) in [4.78, 5) is 4.52. The van der Waals surface area contributed by atoms with E-state index in [9.17, 15) is 8.42 Å². The van der Waals surface area contributed by atoms with Gasteiger partial charge >= 0.3 is 0 Å². The van der Waals surface area contributed by atoms with Crippen LogP contribution in [0.25, 0.3) is 0 Å². The van der Waals surface area contributed by atoms with Crippen molar-refractivity contribution in [1.82, 2.24) is 19.5 Å². The van der Waals surface area contributed by atoms with Crippen LogP contribution in [-0.4, -0.2) is 41.0 Å². The number of benzene rings is 1. The van der Waals surface area contributed by atoms with Crippen LogP contribution in [0.15, 0.2) is 29.4 Å². The van der Waals surface area contributed by atoms with Crippen molar-refractivity contribution in [2.24, 2.45) is 0 Å². The van der Waals surface area contributed by atoms with Crippen molar-refractivity contribution < 1.29 is 8.42 Å². The lowest BCUT2D eigenvalue weighted by Gasteiger charge is -2.18. The second kappa shape index (κ2) is 5.23. The molecule has 0 saturated carbocycles. The Kier molecular flexibility index (Phi) is 3.54. The zero-order chi connectivity index (χ0) is 15.0. The first-order valence-corrected chi connectivity index (χ1v) is 8.35. The van der Waals surface area contributed by atoms with Crippen molar-refractivity contribution >= 4 is 10.0 Å². The van der Waals surface area contributed by atoms with Gasteiger partial charge in [-0.1, -0.05) is 17.7 Å². The van der Waals surface area contributed by atoms with E-state index >= 15 is 0 Å². The van der Waals surface area contributed by atoms with Crippen LogP contribution in [0.1, 0.15) is 29.3 Å². The number of nitrogens with one attached hydrogen (secondary N) is 1. The van der Waals surface area contributed by atoms with Crippen LogP contribution < -0.4 is 0 Å². The smallest absolute Gasteiger partial charge is 0.243 e. The maximum atomic E-state index is 12.8. The zero-order valence-electron chi connectivity index (χ0n) is 12.1. The summed E-state index contributed by atoms with van der Waals surface area (Å²) in [7, 11) is -3.44. The molecule has 1 unspecified atom stereocenters. The zero-order valence-corrected chi connectivity index (χ0v) is 12.9. The van der Waals surface area contributed by atoms with E-state index in [0.29, 0.717) is 18.0 Å². The van der Waals surface area contributed by atoms with E-state index in [1.807, 2.05) is 26.0 Å². The Morgan fingerprint density at radius 3 is 2.81 bits per heavy atom. The lowest BCUT2D eigenvalue weighted by Crippen LogP contribution is -2.29. The van der Waals surface area contributed by atoms with Gasteiger partial charge in [-0.25, -0.2) is 13.4 Å². The van der Waals surface area contributed by atoms with Crippen molar-refractivity contribution in [3.05, 3.63) is 41.5 Å². The van der Waals surface area contributed by atoms with Gasteiger partial charge in [0.25, 0.3) is 0 Å². The first-order chi connectivity index (χ1) is 9.98. The third kappa shape index (κ3) is 2.58. The van der Waals surface area contributed by atoms with Gasteiger partial charge in [0.15, 0.2) is 0 Å². The van der Waals surface area contributed by atoms with Crippen LogP contribution in [0.4, 0.5) is 0 Å². The quantitative estimate of drug-likeness (QED) is 0.934. The van der Waals surface area contributed by atoms with E-state index in [4.69, 9.17) is 0 Å². The Balaban J connectivity index is 1.86. The van der Waals surface area contributed by atoms with Crippen molar-refractivity contribution in [3.63, 3.8) is 0 Å². The normalized spacial score (nSPS) is 20.0. The topological polar surface area (TPSA) is 79.0 Å². The molecule has 6 nitrogen and oxygen atoms in total. The molecule has 1 N–H and O–H groups in total. The number of H-pyrrole nitrogens is 1. The molecule has 0 spiro atoms. The van der Waals surface area contributed by atoms with Crippen LogP contribution in [-0.2, 0) is 10.0 Å². The van der Waals surface area contributed by atoms with Crippen molar-refractivity contribution in [1.29, 1.82) is 0 Å². The highest BCUT2D eigenvalue weighted by molar-refractivity contribution is 7.89. The molecule has 0 amide bonds. The van der Waals surface area contributed by atoms with Gasteiger partial charge in [-0.2, -0.15) is 9.40 Å². The van der Waals surface area contributed by atoms with Gasteiger partial charge in [0.05, 0.1) is 4.90 Å². The first-order valence-electron chi connectivity index (χ1n) is 6.91. The Labute approximate surface area is 124 Å². The molecule has 0 radical (unpaired) electrons. The second-order valence-corrected chi connectivity index (χ2v) is 7.39. The Morgan fingerprint density at radius 1 is 1.33 bits per heavy atom. The molecule has 1 aromatic carbocycles. The standard InChI is InChI=1S/C14H18N4O2S/c1-10-3-4-13(11(2)7-10)21(19,20)18-6-5-12(8-18)14-15-9-16-17-14/h3-4,7,9,12H,5-6,8H2,1-2H3,(H,15,16,17). The Hall–Kier alpha value is -1.73. The Morgan fingerprint density at radius 2 is 2.14 bits per heavy atom. The van der Waals surface area contributed by atoms with Gasteiger partial charge in [-0.15, -0.1) is 0 Å². The third-order valence-corrected chi connectivity index (χ3v) is 5.94. The minimum absolute atomic E-state index is 0.0908. The first kappa shape index (κ1) is 14.2. The SMILES string of the molecule is Cc1ccc(S(=O)(=O)N2CCC(c3ncn[nH]3)C2)c(C)c1. The average Bonchev–Trinajstić information content (AvgIpc) is 3.09. The fourth-order valence-electron chi connectivity index (χ4n) is 2.81. The van der Waals surface area contributed by atoms with E-state index in [2.05, 4.69) is 15.2 Å². The molecule has 7 heteroatoms. The maximum absolute atomic E-state index is 12.8. The number of sulfonamides is 1. The summed E-state index contributed by atoms with van der Waals surface area (Å²) in [6.07, 6.45) is 2.22. The van der Waals surface area contributed by atoms with E-state index < -0.39 is 10.0 Å². The minimum atomic E-state index is -3.44. The summed E-state index contributed by atoms with van der Waals surface area (Å²) in [6.45, 7) is 4.76. The summed E-state index contributed by atoms with van der Waals surface area (Å²) in [6, 6.07) is 5.43. The van der Waals surface area contributed by atoms with Crippen LogP contribution in [0, 0.1) is 13.8 Å². The molecular formula is C14H18N4O2S.